The number of aromatic amines is 1. The average Bonchev–Trinajstić information content (AvgIpc) is 3.26. The maximum Gasteiger partial charge on any atom is 0.235 e. The van der Waals surface area contributed by atoms with E-state index in [2.05, 4.69) is 25.9 Å². The molecule has 3 aromatic rings. The Kier molecular flexibility index (Phi) is 6.21. The maximum absolute atomic E-state index is 13.1. The number of aromatic nitrogens is 4. The molecule has 2 N–H and O–H groups in total. The predicted octanol–water partition coefficient (Wildman–Crippen LogP) is 2.74. The van der Waals surface area contributed by atoms with Crippen molar-refractivity contribution in [3.63, 3.8) is 0 Å². The van der Waals surface area contributed by atoms with E-state index in [0.717, 1.165) is 23.2 Å². The molecule has 1 heterocycles. The van der Waals surface area contributed by atoms with Gasteiger partial charge in [-0.1, -0.05) is 36.4 Å². The second kappa shape index (κ2) is 8.98. The molecule has 1 atom stereocenters. The SMILES string of the molecule is CCc1ccccc1NC(=O)[C@H](Cc1ccc(OC)cc1OC)c1nn[nH]n1. The number of nitrogens with one attached hydrogen (secondary N) is 2. The number of tetrazole rings is 1. The molecule has 1 amide bonds. The van der Waals surface area contributed by atoms with Crippen LogP contribution >= 0.6 is 0 Å². The summed E-state index contributed by atoms with van der Waals surface area (Å²) in [7, 11) is 3.17. The van der Waals surface area contributed by atoms with Gasteiger partial charge < -0.3 is 14.8 Å². The third kappa shape index (κ3) is 4.28. The van der Waals surface area contributed by atoms with Gasteiger partial charge in [0.05, 0.1) is 14.2 Å². The van der Waals surface area contributed by atoms with Crippen LogP contribution < -0.4 is 14.8 Å². The number of hydrogen-bond donors (Lipinski definition) is 2. The molecule has 0 aliphatic heterocycles. The van der Waals surface area contributed by atoms with Gasteiger partial charge in [0.25, 0.3) is 0 Å². The van der Waals surface area contributed by atoms with Gasteiger partial charge in [0.2, 0.25) is 5.91 Å². The van der Waals surface area contributed by atoms with Gasteiger partial charge in [0, 0.05) is 11.8 Å². The Morgan fingerprint density at radius 2 is 1.96 bits per heavy atom. The minimum Gasteiger partial charge on any atom is -0.497 e. The fourth-order valence-electron chi connectivity index (χ4n) is 3.03. The van der Waals surface area contributed by atoms with Crippen LogP contribution in [0.3, 0.4) is 0 Å². The second-order valence-electron chi connectivity index (χ2n) is 6.20. The van der Waals surface area contributed by atoms with Gasteiger partial charge in [-0.25, -0.2) is 0 Å². The van der Waals surface area contributed by atoms with E-state index in [-0.39, 0.29) is 5.91 Å². The monoisotopic (exact) mass is 381 g/mol. The van der Waals surface area contributed by atoms with Crippen molar-refractivity contribution in [2.75, 3.05) is 19.5 Å². The highest BCUT2D eigenvalue weighted by atomic mass is 16.5. The molecule has 146 valence electrons. The highest BCUT2D eigenvalue weighted by Gasteiger charge is 2.27. The average molecular weight is 381 g/mol. The van der Waals surface area contributed by atoms with Crippen LogP contribution in [0.2, 0.25) is 0 Å². The number of benzene rings is 2. The van der Waals surface area contributed by atoms with Crippen LogP contribution in [0.4, 0.5) is 5.69 Å². The molecule has 0 aliphatic rings. The van der Waals surface area contributed by atoms with Crippen molar-refractivity contribution in [3.8, 4) is 11.5 Å². The van der Waals surface area contributed by atoms with E-state index in [4.69, 9.17) is 9.47 Å². The zero-order valence-electron chi connectivity index (χ0n) is 16.1. The van der Waals surface area contributed by atoms with Crippen LogP contribution in [0.15, 0.2) is 42.5 Å². The largest absolute Gasteiger partial charge is 0.497 e. The molecule has 0 unspecified atom stereocenters. The summed E-state index contributed by atoms with van der Waals surface area (Å²) in [6.07, 6.45) is 1.17. The molecular weight excluding hydrogens is 358 g/mol. The number of ether oxygens (including phenoxy) is 2. The van der Waals surface area contributed by atoms with Crippen molar-refractivity contribution >= 4 is 11.6 Å². The molecule has 2 aromatic carbocycles. The summed E-state index contributed by atoms with van der Waals surface area (Å²) in [5.41, 5.74) is 2.69. The third-order valence-electron chi connectivity index (χ3n) is 4.56. The Labute approximate surface area is 163 Å². The van der Waals surface area contributed by atoms with Crippen molar-refractivity contribution in [1.29, 1.82) is 0 Å². The molecule has 8 nitrogen and oxygen atoms in total. The number of methoxy groups -OCH3 is 2. The number of rotatable bonds is 8. The Morgan fingerprint density at radius 3 is 2.64 bits per heavy atom. The molecule has 0 fully saturated rings. The fraction of sp³-hybridized carbons (Fsp3) is 0.300. The standard InChI is InChI=1S/C20H23N5O3/c1-4-13-7-5-6-8-17(13)21-20(26)16(19-22-24-25-23-19)11-14-9-10-15(27-2)12-18(14)28-3/h5-10,12,16H,4,11H2,1-3H3,(H,21,26)(H,22,23,24,25)/t16-/m1/s1. The van der Waals surface area contributed by atoms with Gasteiger partial charge in [0.15, 0.2) is 5.82 Å². The third-order valence-corrected chi connectivity index (χ3v) is 4.56. The van der Waals surface area contributed by atoms with Crippen molar-refractivity contribution < 1.29 is 14.3 Å². The van der Waals surface area contributed by atoms with Gasteiger partial charge in [-0.05, 0) is 36.1 Å². The first kappa shape index (κ1) is 19.3. The fourth-order valence-corrected chi connectivity index (χ4v) is 3.03. The normalized spacial score (nSPS) is 11.7. The minimum atomic E-state index is -0.633. The topological polar surface area (TPSA) is 102 Å². The molecule has 3 rings (SSSR count). The van der Waals surface area contributed by atoms with Crippen LogP contribution in [0, 0.1) is 0 Å². The molecule has 0 bridgehead atoms. The van der Waals surface area contributed by atoms with Crippen LogP contribution in [-0.4, -0.2) is 40.8 Å². The summed E-state index contributed by atoms with van der Waals surface area (Å²) in [4.78, 5) is 13.1. The molecule has 0 radical (unpaired) electrons. The number of H-pyrrole nitrogens is 1. The molecule has 8 heteroatoms. The highest BCUT2D eigenvalue weighted by molar-refractivity contribution is 5.96. The summed E-state index contributed by atoms with van der Waals surface area (Å²) < 4.78 is 10.7. The maximum atomic E-state index is 13.1. The summed E-state index contributed by atoms with van der Waals surface area (Å²) in [5.74, 6) is 0.795. The molecule has 0 saturated heterocycles. The highest BCUT2D eigenvalue weighted by Crippen LogP contribution is 2.30. The van der Waals surface area contributed by atoms with E-state index in [1.54, 1.807) is 20.3 Å². The quantitative estimate of drug-likeness (QED) is 0.622. The van der Waals surface area contributed by atoms with Gasteiger partial charge in [-0.3, -0.25) is 4.79 Å². The first-order valence-corrected chi connectivity index (χ1v) is 8.99. The summed E-state index contributed by atoms with van der Waals surface area (Å²) >= 11 is 0. The summed E-state index contributed by atoms with van der Waals surface area (Å²) in [6.45, 7) is 2.05. The molecule has 0 spiro atoms. The lowest BCUT2D eigenvalue weighted by Crippen LogP contribution is -2.25. The lowest BCUT2D eigenvalue weighted by molar-refractivity contribution is -0.117. The van der Waals surface area contributed by atoms with Crippen molar-refractivity contribution in [3.05, 3.63) is 59.4 Å². The molecule has 0 aliphatic carbocycles. The summed E-state index contributed by atoms with van der Waals surface area (Å²) in [6, 6.07) is 13.2. The first-order valence-electron chi connectivity index (χ1n) is 8.99. The Bertz CT molecular complexity index is 927. The van der Waals surface area contributed by atoms with Gasteiger partial charge in [-0.15, -0.1) is 10.2 Å². The number of amides is 1. The van der Waals surface area contributed by atoms with Crippen LogP contribution in [0.25, 0.3) is 0 Å². The predicted molar refractivity (Wildman–Crippen MR) is 105 cm³/mol. The number of anilines is 1. The van der Waals surface area contributed by atoms with E-state index in [1.165, 1.54) is 0 Å². The number of carbonyl (C=O) groups is 1. The lowest BCUT2D eigenvalue weighted by Gasteiger charge is -2.17. The number of carbonyl (C=O) groups excluding carboxylic acids is 1. The van der Waals surface area contributed by atoms with Gasteiger partial charge >= 0.3 is 0 Å². The number of para-hydroxylation sites is 1. The van der Waals surface area contributed by atoms with Crippen molar-refractivity contribution in [2.45, 2.75) is 25.7 Å². The summed E-state index contributed by atoms with van der Waals surface area (Å²) in [5, 5.41) is 17.1. The lowest BCUT2D eigenvalue weighted by atomic mass is 9.96. The Balaban J connectivity index is 1.89. The van der Waals surface area contributed by atoms with Crippen LogP contribution in [-0.2, 0) is 17.6 Å². The van der Waals surface area contributed by atoms with Gasteiger partial charge in [-0.2, -0.15) is 5.21 Å². The van der Waals surface area contributed by atoms with E-state index < -0.39 is 5.92 Å². The molecular formula is C20H23N5O3. The minimum absolute atomic E-state index is 0.208. The van der Waals surface area contributed by atoms with E-state index in [0.29, 0.717) is 23.7 Å². The second-order valence-corrected chi connectivity index (χ2v) is 6.20. The van der Waals surface area contributed by atoms with Crippen molar-refractivity contribution in [2.24, 2.45) is 0 Å². The zero-order valence-corrected chi connectivity index (χ0v) is 16.1. The van der Waals surface area contributed by atoms with Crippen LogP contribution in [0.5, 0.6) is 11.5 Å². The number of hydrogen-bond acceptors (Lipinski definition) is 6. The number of aryl methyl sites for hydroxylation is 1. The van der Waals surface area contributed by atoms with E-state index >= 15 is 0 Å². The Hall–Kier alpha value is -3.42. The number of nitrogens with zero attached hydrogens (tertiary/aromatic N) is 3. The van der Waals surface area contributed by atoms with Crippen molar-refractivity contribution in [1.82, 2.24) is 20.6 Å². The first-order chi connectivity index (χ1) is 13.7. The van der Waals surface area contributed by atoms with Gasteiger partial charge in [0.1, 0.15) is 17.4 Å². The van der Waals surface area contributed by atoms with E-state index in [1.807, 2.05) is 43.3 Å². The zero-order chi connectivity index (χ0) is 19.9. The van der Waals surface area contributed by atoms with Crippen LogP contribution in [0.1, 0.15) is 29.8 Å². The Morgan fingerprint density at radius 1 is 1.14 bits per heavy atom. The smallest absolute Gasteiger partial charge is 0.235 e. The molecule has 28 heavy (non-hydrogen) atoms. The molecule has 0 saturated carbocycles. The van der Waals surface area contributed by atoms with E-state index in [9.17, 15) is 4.79 Å². The molecule has 1 aromatic heterocycles.